The second-order valence-corrected chi connectivity index (χ2v) is 9.19. The number of nitrogens with two attached hydrogens (primary N) is 1. The van der Waals surface area contributed by atoms with E-state index >= 15 is 0 Å². The minimum Gasteiger partial charge on any atom is -0.378 e. The van der Waals surface area contributed by atoms with Gasteiger partial charge in [-0.05, 0) is 41.5 Å². The molecular formula is C23H25N5O2S. The van der Waals surface area contributed by atoms with Crippen LogP contribution in [0.15, 0.2) is 78.0 Å². The smallest absolute Gasteiger partial charge is 0.239 e. The number of hydrogen-bond donors (Lipinski definition) is 3. The second-order valence-electron chi connectivity index (χ2n) is 7.63. The van der Waals surface area contributed by atoms with E-state index in [2.05, 4.69) is 56.6 Å². The Morgan fingerprint density at radius 1 is 1.06 bits per heavy atom. The molecule has 1 atom stereocenters. The Kier molecular flexibility index (Phi) is 5.67. The first-order valence-electron chi connectivity index (χ1n) is 9.89. The Hall–Kier alpha value is -3.36. The lowest BCUT2D eigenvalue weighted by Gasteiger charge is -2.20. The third kappa shape index (κ3) is 4.55. The minimum atomic E-state index is -3.76. The largest absolute Gasteiger partial charge is 0.378 e. The van der Waals surface area contributed by atoms with E-state index in [1.165, 1.54) is 28.8 Å². The minimum absolute atomic E-state index is 0.00879. The van der Waals surface area contributed by atoms with Gasteiger partial charge in [0.1, 0.15) is 10.7 Å². The molecule has 0 saturated heterocycles. The fraction of sp³-hybridized carbons (Fsp3) is 0.174. The molecule has 4 aromatic rings. The Morgan fingerprint density at radius 3 is 2.45 bits per heavy atom. The van der Waals surface area contributed by atoms with Crippen LogP contribution < -0.4 is 15.4 Å². The SMILES string of the molecule is CN(C)c1ccc(C(CNc2ccc(S(N)(=O)=O)cn2)c2c[nH]c3ccccc23)cc1. The predicted molar refractivity (Wildman–Crippen MR) is 125 cm³/mol. The monoisotopic (exact) mass is 435 g/mol. The normalized spacial score (nSPS) is 12.6. The molecule has 0 spiro atoms. The summed E-state index contributed by atoms with van der Waals surface area (Å²) in [6.07, 6.45) is 3.32. The van der Waals surface area contributed by atoms with Gasteiger partial charge >= 0.3 is 0 Å². The summed E-state index contributed by atoms with van der Waals surface area (Å²) in [4.78, 5) is 9.63. The van der Waals surface area contributed by atoms with E-state index < -0.39 is 10.0 Å². The van der Waals surface area contributed by atoms with E-state index in [-0.39, 0.29) is 10.8 Å². The molecule has 0 bridgehead atoms. The van der Waals surface area contributed by atoms with Gasteiger partial charge in [0, 0.05) is 55.5 Å². The maximum atomic E-state index is 11.5. The van der Waals surface area contributed by atoms with Crippen LogP contribution in [0.4, 0.5) is 11.5 Å². The first kappa shape index (κ1) is 20.9. The van der Waals surface area contributed by atoms with E-state index in [1.807, 2.05) is 32.4 Å². The highest BCUT2D eigenvalue weighted by atomic mass is 32.2. The van der Waals surface area contributed by atoms with Crippen LogP contribution in [0.1, 0.15) is 17.0 Å². The van der Waals surface area contributed by atoms with Gasteiger partial charge in [-0.25, -0.2) is 18.5 Å². The summed E-state index contributed by atoms with van der Waals surface area (Å²) in [6, 6.07) is 19.8. The van der Waals surface area contributed by atoms with Crippen LogP contribution in [0.3, 0.4) is 0 Å². The van der Waals surface area contributed by atoms with Gasteiger partial charge < -0.3 is 15.2 Å². The molecule has 0 radical (unpaired) electrons. The maximum Gasteiger partial charge on any atom is 0.239 e. The summed E-state index contributed by atoms with van der Waals surface area (Å²) in [7, 11) is 0.274. The predicted octanol–water partition coefficient (Wildman–Crippen LogP) is 3.52. The van der Waals surface area contributed by atoms with Gasteiger partial charge in [0.15, 0.2) is 0 Å². The quantitative estimate of drug-likeness (QED) is 0.412. The van der Waals surface area contributed by atoms with Crippen molar-refractivity contribution < 1.29 is 8.42 Å². The molecule has 0 aliphatic carbocycles. The molecule has 0 fully saturated rings. The first-order chi connectivity index (χ1) is 14.8. The number of rotatable bonds is 7. The molecule has 0 amide bonds. The fourth-order valence-corrected chi connectivity index (χ4v) is 4.11. The summed E-state index contributed by atoms with van der Waals surface area (Å²) in [5.74, 6) is 0.647. The molecule has 2 heterocycles. The Bertz CT molecular complexity index is 1280. The third-order valence-corrected chi connectivity index (χ3v) is 6.26. The average molecular weight is 436 g/mol. The van der Waals surface area contributed by atoms with E-state index in [9.17, 15) is 8.42 Å². The zero-order valence-electron chi connectivity index (χ0n) is 17.4. The number of sulfonamides is 1. The lowest BCUT2D eigenvalue weighted by molar-refractivity contribution is 0.597. The number of nitrogens with zero attached hydrogens (tertiary/aromatic N) is 2. The van der Waals surface area contributed by atoms with Crippen molar-refractivity contribution in [1.29, 1.82) is 0 Å². The Morgan fingerprint density at radius 2 is 1.81 bits per heavy atom. The number of H-pyrrole nitrogens is 1. The van der Waals surface area contributed by atoms with E-state index in [1.54, 1.807) is 6.07 Å². The summed E-state index contributed by atoms with van der Waals surface area (Å²) in [5, 5.41) is 9.67. The van der Waals surface area contributed by atoms with Crippen molar-refractivity contribution >= 4 is 32.4 Å². The van der Waals surface area contributed by atoms with Crippen LogP contribution in [0.2, 0.25) is 0 Å². The molecule has 2 aromatic carbocycles. The highest BCUT2D eigenvalue weighted by Gasteiger charge is 2.19. The van der Waals surface area contributed by atoms with Crippen LogP contribution in [-0.2, 0) is 10.0 Å². The van der Waals surface area contributed by atoms with Crippen LogP contribution in [-0.4, -0.2) is 39.0 Å². The number of primary sulfonamides is 1. The van der Waals surface area contributed by atoms with E-state index in [4.69, 9.17) is 5.14 Å². The summed E-state index contributed by atoms with van der Waals surface area (Å²) in [6.45, 7) is 0.588. The lowest BCUT2D eigenvalue weighted by atomic mass is 9.90. The van der Waals surface area contributed by atoms with Crippen molar-refractivity contribution in [3.05, 3.63) is 84.2 Å². The van der Waals surface area contributed by atoms with Crippen molar-refractivity contribution in [1.82, 2.24) is 9.97 Å². The topological polar surface area (TPSA) is 104 Å². The number of hydrogen-bond acceptors (Lipinski definition) is 5. The van der Waals surface area contributed by atoms with Gasteiger partial charge in [-0.1, -0.05) is 30.3 Å². The average Bonchev–Trinajstić information content (AvgIpc) is 3.18. The molecule has 31 heavy (non-hydrogen) atoms. The van der Waals surface area contributed by atoms with Crippen LogP contribution in [0.5, 0.6) is 0 Å². The molecule has 2 aromatic heterocycles. The van der Waals surface area contributed by atoms with Gasteiger partial charge in [-0.3, -0.25) is 0 Å². The van der Waals surface area contributed by atoms with Gasteiger partial charge in [-0.2, -0.15) is 0 Å². The molecule has 0 aliphatic heterocycles. The number of aromatic amines is 1. The zero-order chi connectivity index (χ0) is 22.0. The first-order valence-corrected chi connectivity index (χ1v) is 11.4. The lowest BCUT2D eigenvalue weighted by Crippen LogP contribution is -2.16. The Balaban J connectivity index is 1.65. The molecule has 7 nitrogen and oxygen atoms in total. The van der Waals surface area contributed by atoms with E-state index in [0.717, 1.165) is 11.2 Å². The molecule has 1 unspecified atom stereocenters. The molecule has 8 heteroatoms. The molecule has 4 N–H and O–H groups in total. The standard InChI is InChI=1S/C23H25N5O2S/c1-28(2)17-9-7-16(8-10-17)20(21-15-25-22-6-4-3-5-19(21)22)14-27-23-12-11-18(13-26-23)31(24,29)30/h3-13,15,20,25H,14H2,1-2H3,(H,26,27)(H2,24,29,30). The molecule has 0 aliphatic rings. The summed E-state index contributed by atoms with van der Waals surface area (Å²) in [5.41, 5.74) is 4.57. The van der Waals surface area contributed by atoms with Gasteiger partial charge in [0.25, 0.3) is 0 Å². The van der Waals surface area contributed by atoms with Crippen molar-refractivity contribution in [2.45, 2.75) is 10.8 Å². The molecule has 0 saturated carbocycles. The summed E-state index contributed by atoms with van der Waals surface area (Å²) >= 11 is 0. The number of fused-ring (bicyclic) bond motifs is 1. The number of aromatic nitrogens is 2. The van der Waals surface area contributed by atoms with Crippen molar-refractivity contribution in [3.63, 3.8) is 0 Å². The zero-order valence-corrected chi connectivity index (χ0v) is 18.2. The number of nitrogens with one attached hydrogen (secondary N) is 2. The number of benzene rings is 2. The molecule has 160 valence electrons. The van der Waals surface area contributed by atoms with Crippen LogP contribution in [0, 0.1) is 0 Å². The molecule has 4 rings (SSSR count). The van der Waals surface area contributed by atoms with Crippen LogP contribution >= 0.6 is 0 Å². The Labute approximate surface area is 182 Å². The van der Waals surface area contributed by atoms with Crippen molar-refractivity contribution in [2.75, 3.05) is 30.9 Å². The summed E-state index contributed by atoms with van der Waals surface area (Å²) < 4.78 is 22.9. The maximum absolute atomic E-state index is 11.5. The number of pyridine rings is 1. The number of anilines is 2. The van der Waals surface area contributed by atoms with Gasteiger partial charge in [-0.15, -0.1) is 0 Å². The fourth-order valence-electron chi connectivity index (χ4n) is 3.65. The molecular weight excluding hydrogens is 410 g/mol. The van der Waals surface area contributed by atoms with E-state index in [0.29, 0.717) is 12.4 Å². The van der Waals surface area contributed by atoms with Crippen molar-refractivity contribution in [2.24, 2.45) is 5.14 Å². The highest BCUT2D eigenvalue weighted by molar-refractivity contribution is 7.89. The highest BCUT2D eigenvalue weighted by Crippen LogP contribution is 2.32. The third-order valence-electron chi connectivity index (χ3n) is 5.36. The van der Waals surface area contributed by atoms with Gasteiger partial charge in [0.05, 0.1) is 0 Å². The number of para-hydroxylation sites is 1. The van der Waals surface area contributed by atoms with Crippen molar-refractivity contribution in [3.8, 4) is 0 Å². The van der Waals surface area contributed by atoms with Crippen LogP contribution in [0.25, 0.3) is 10.9 Å². The van der Waals surface area contributed by atoms with Gasteiger partial charge in [0.2, 0.25) is 10.0 Å². The second kappa shape index (κ2) is 8.41.